The van der Waals surface area contributed by atoms with Crippen molar-refractivity contribution in [1.82, 2.24) is 10.3 Å². The summed E-state index contributed by atoms with van der Waals surface area (Å²) >= 11 is 0. The van der Waals surface area contributed by atoms with Gasteiger partial charge < -0.3 is 16.8 Å². The van der Waals surface area contributed by atoms with Crippen molar-refractivity contribution >= 4 is 17.1 Å². The zero-order valence-corrected chi connectivity index (χ0v) is 12.2. The van der Waals surface area contributed by atoms with E-state index in [4.69, 9.17) is 11.5 Å². The molecule has 0 aliphatic carbocycles. The maximum atomic E-state index is 6.04. The number of hydrogen-bond acceptors (Lipinski definition) is 4. The van der Waals surface area contributed by atoms with Crippen LogP contribution in [0.4, 0.5) is 11.5 Å². The van der Waals surface area contributed by atoms with E-state index in [1.54, 1.807) is 12.3 Å². The number of nitrogens with zero attached hydrogens (tertiary/aromatic N) is 1. The van der Waals surface area contributed by atoms with Crippen molar-refractivity contribution in [2.24, 2.45) is 0 Å². The van der Waals surface area contributed by atoms with Gasteiger partial charge in [-0.3, -0.25) is 0 Å². The highest BCUT2D eigenvalue weighted by atomic mass is 14.8. The third kappa shape index (κ3) is 2.62. The summed E-state index contributed by atoms with van der Waals surface area (Å²) in [4.78, 5) is 4.14. The number of pyridine rings is 1. The molecule has 2 heterocycles. The second-order valence-electron chi connectivity index (χ2n) is 5.37. The van der Waals surface area contributed by atoms with Crippen LogP contribution in [0.25, 0.3) is 16.7 Å². The second-order valence-corrected chi connectivity index (χ2v) is 5.37. The molecule has 0 atom stereocenters. The average Bonchev–Trinajstić information content (AvgIpc) is 2.48. The fourth-order valence-electron chi connectivity index (χ4n) is 2.85. The molecule has 1 aliphatic rings. The lowest BCUT2D eigenvalue weighted by Crippen LogP contribution is -2.20. The van der Waals surface area contributed by atoms with Crippen molar-refractivity contribution in [3.05, 3.63) is 47.7 Å². The molecule has 1 aromatic carbocycles. The Labute approximate surface area is 124 Å². The minimum Gasteiger partial charge on any atom is -0.398 e. The van der Waals surface area contributed by atoms with Gasteiger partial charge in [0.15, 0.2) is 0 Å². The first kappa shape index (κ1) is 13.6. The summed E-state index contributed by atoms with van der Waals surface area (Å²) in [6.45, 7) is 4.11. The molecule has 0 saturated carbocycles. The van der Waals surface area contributed by atoms with Crippen molar-refractivity contribution < 1.29 is 0 Å². The molecule has 4 heteroatoms. The molecule has 0 fully saturated rings. The number of benzene rings is 1. The molecule has 3 rings (SSSR count). The number of aromatic nitrogens is 1. The molecule has 21 heavy (non-hydrogen) atoms. The minimum absolute atomic E-state index is 0.475. The van der Waals surface area contributed by atoms with Gasteiger partial charge in [-0.15, -0.1) is 0 Å². The van der Waals surface area contributed by atoms with Crippen LogP contribution in [-0.4, -0.2) is 18.1 Å². The van der Waals surface area contributed by atoms with Crippen LogP contribution in [0, 0.1) is 6.92 Å². The van der Waals surface area contributed by atoms with Crippen LogP contribution in [0.1, 0.15) is 17.5 Å². The molecule has 0 spiro atoms. The largest absolute Gasteiger partial charge is 0.398 e. The third-order valence-corrected chi connectivity index (χ3v) is 3.94. The lowest BCUT2D eigenvalue weighted by atomic mass is 9.93. The SMILES string of the molecule is Cc1cc(-c2c(N)ccnc2N)ccc1C1=CCNCC1. The van der Waals surface area contributed by atoms with Crippen molar-refractivity contribution in [3.8, 4) is 11.1 Å². The monoisotopic (exact) mass is 280 g/mol. The van der Waals surface area contributed by atoms with Crippen LogP contribution in [-0.2, 0) is 0 Å². The molecule has 0 saturated heterocycles. The summed E-state index contributed by atoms with van der Waals surface area (Å²) < 4.78 is 0. The lowest BCUT2D eigenvalue weighted by Gasteiger charge is -2.17. The fraction of sp³-hybridized carbons (Fsp3) is 0.235. The van der Waals surface area contributed by atoms with Crippen LogP contribution in [0.15, 0.2) is 36.5 Å². The average molecular weight is 280 g/mol. The highest BCUT2D eigenvalue weighted by Gasteiger charge is 2.12. The van der Waals surface area contributed by atoms with Gasteiger partial charge in [0.1, 0.15) is 5.82 Å². The number of hydrogen-bond donors (Lipinski definition) is 3. The minimum atomic E-state index is 0.475. The molecule has 1 aliphatic heterocycles. The Kier molecular flexibility index (Phi) is 3.62. The first-order chi connectivity index (χ1) is 10.2. The molecule has 0 radical (unpaired) electrons. The van der Waals surface area contributed by atoms with Crippen molar-refractivity contribution in [1.29, 1.82) is 0 Å². The fourth-order valence-corrected chi connectivity index (χ4v) is 2.85. The smallest absolute Gasteiger partial charge is 0.133 e. The predicted molar refractivity (Wildman–Crippen MR) is 88.7 cm³/mol. The molecular weight excluding hydrogens is 260 g/mol. The Bertz CT molecular complexity index is 684. The summed E-state index contributed by atoms with van der Waals surface area (Å²) in [5.74, 6) is 0.475. The summed E-state index contributed by atoms with van der Waals surface area (Å²) in [6, 6.07) is 8.16. The van der Waals surface area contributed by atoms with Gasteiger partial charge in [0.25, 0.3) is 0 Å². The van der Waals surface area contributed by atoms with Gasteiger partial charge in [-0.05, 0) is 48.2 Å². The number of rotatable bonds is 2. The highest BCUT2D eigenvalue weighted by molar-refractivity contribution is 5.85. The molecule has 2 aromatic rings. The summed E-state index contributed by atoms with van der Waals surface area (Å²) in [5.41, 5.74) is 18.5. The highest BCUT2D eigenvalue weighted by Crippen LogP contribution is 2.33. The number of nitrogens with two attached hydrogens (primary N) is 2. The van der Waals surface area contributed by atoms with Crippen molar-refractivity contribution in [3.63, 3.8) is 0 Å². The van der Waals surface area contributed by atoms with Crippen molar-refractivity contribution in [2.45, 2.75) is 13.3 Å². The van der Waals surface area contributed by atoms with Crippen LogP contribution < -0.4 is 16.8 Å². The number of aryl methyl sites for hydroxylation is 1. The molecule has 0 unspecified atom stereocenters. The van der Waals surface area contributed by atoms with E-state index < -0.39 is 0 Å². The maximum Gasteiger partial charge on any atom is 0.133 e. The summed E-state index contributed by atoms with van der Waals surface area (Å²) in [6.07, 6.45) is 4.96. The second kappa shape index (κ2) is 5.58. The van der Waals surface area contributed by atoms with Gasteiger partial charge in [0, 0.05) is 24.0 Å². The Morgan fingerprint density at radius 2 is 2.05 bits per heavy atom. The number of nitrogens with one attached hydrogen (secondary N) is 1. The first-order valence-corrected chi connectivity index (χ1v) is 7.18. The van der Waals surface area contributed by atoms with Crippen LogP contribution in [0.2, 0.25) is 0 Å². The molecular formula is C17H20N4. The van der Waals surface area contributed by atoms with Crippen molar-refractivity contribution in [2.75, 3.05) is 24.6 Å². The van der Waals surface area contributed by atoms with Gasteiger partial charge in [-0.1, -0.05) is 24.3 Å². The van der Waals surface area contributed by atoms with E-state index in [1.807, 2.05) is 0 Å². The zero-order valence-electron chi connectivity index (χ0n) is 12.2. The Morgan fingerprint density at radius 3 is 2.71 bits per heavy atom. The van der Waals surface area contributed by atoms with E-state index in [2.05, 4.69) is 41.5 Å². The molecule has 0 amide bonds. The lowest BCUT2D eigenvalue weighted by molar-refractivity contribution is 0.738. The summed E-state index contributed by atoms with van der Waals surface area (Å²) in [7, 11) is 0. The van der Waals surface area contributed by atoms with Crippen LogP contribution in [0.5, 0.6) is 0 Å². The standard InChI is InChI=1S/C17H20N4/c1-11-10-13(16-15(18)6-9-21-17(16)19)2-3-14(11)12-4-7-20-8-5-12/h2-4,6,9-10,20H,5,7-8H2,1H3,(H4,18,19,21). The maximum absolute atomic E-state index is 6.04. The molecule has 0 bridgehead atoms. The van der Waals surface area contributed by atoms with E-state index in [-0.39, 0.29) is 0 Å². The van der Waals surface area contributed by atoms with Gasteiger partial charge in [0.05, 0.1) is 0 Å². The molecule has 4 nitrogen and oxygen atoms in total. The number of nitrogen functional groups attached to an aromatic ring is 2. The Hall–Kier alpha value is -2.33. The van der Waals surface area contributed by atoms with Gasteiger partial charge in [-0.25, -0.2) is 4.98 Å². The van der Waals surface area contributed by atoms with E-state index in [1.165, 1.54) is 16.7 Å². The van der Waals surface area contributed by atoms with E-state index in [0.29, 0.717) is 11.5 Å². The topological polar surface area (TPSA) is 77.0 Å². The van der Waals surface area contributed by atoms with Gasteiger partial charge in [0.2, 0.25) is 0 Å². The Morgan fingerprint density at radius 1 is 1.19 bits per heavy atom. The third-order valence-electron chi connectivity index (χ3n) is 3.94. The van der Waals surface area contributed by atoms with Crippen LogP contribution in [0.3, 0.4) is 0 Å². The molecule has 1 aromatic heterocycles. The quantitative estimate of drug-likeness (QED) is 0.790. The van der Waals surface area contributed by atoms with E-state index >= 15 is 0 Å². The van der Waals surface area contributed by atoms with Gasteiger partial charge in [-0.2, -0.15) is 0 Å². The molecule has 5 N–H and O–H groups in total. The normalized spacial score (nSPS) is 14.8. The predicted octanol–water partition coefficient (Wildman–Crippen LogP) is 2.60. The number of anilines is 2. The summed E-state index contributed by atoms with van der Waals surface area (Å²) in [5, 5.41) is 3.34. The Balaban J connectivity index is 2.04. The zero-order chi connectivity index (χ0) is 14.8. The first-order valence-electron chi connectivity index (χ1n) is 7.18. The van der Waals surface area contributed by atoms with Gasteiger partial charge >= 0.3 is 0 Å². The molecule has 108 valence electrons. The van der Waals surface area contributed by atoms with Crippen LogP contribution >= 0.6 is 0 Å². The van der Waals surface area contributed by atoms with E-state index in [0.717, 1.165) is 30.6 Å². The van der Waals surface area contributed by atoms with E-state index in [9.17, 15) is 0 Å².